The van der Waals surface area contributed by atoms with Crippen LogP contribution >= 0.6 is 0 Å². The van der Waals surface area contributed by atoms with E-state index in [2.05, 4.69) is 39.3 Å². The van der Waals surface area contributed by atoms with Crippen LogP contribution in [0.1, 0.15) is 36.8 Å². The highest BCUT2D eigenvalue weighted by Gasteiger charge is 2.22. The molecular weight excluding hydrogens is 326 g/mol. The van der Waals surface area contributed by atoms with Gasteiger partial charge in [-0.15, -0.1) is 0 Å². The number of nitrogens with one attached hydrogen (secondary N) is 1. The van der Waals surface area contributed by atoms with Crippen molar-refractivity contribution >= 4 is 18.1 Å². The zero-order valence-electron chi connectivity index (χ0n) is 15.7. The van der Waals surface area contributed by atoms with Crippen LogP contribution in [0.2, 0.25) is 0 Å². The van der Waals surface area contributed by atoms with Gasteiger partial charge < -0.3 is 15.0 Å². The molecule has 2 aromatic heterocycles. The summed E-state index contributed by atoms with van der Waals surface area (Å²) < 4.78 is 5.25. The maximum atomic E-state index is 5.25. The SMILES string of the molecule is COc1ncccc1/C=C/c1cnc(NC2CCC(N(C)C)CC2)nc1. The lowest BCUT2D eigenvalue weighted by molar-refractivity contribution is 0.221. The largest absolute Gasteiger partial charge is 0.481 e. The summed E-state index contributed by atoms with van der Waals surface area (Å²) in [6.07, 6.45) is 14.1. The minimum absolute atomic E-state index is 0.465. The lowest BCUT2D eigenvalue weighted by Gasteiger charge is -2.32. The third kappa shape index (κ3) is 4.79. The molecule has 2 heterocycles. The first kappa shape index (κ1) is 18.3. The van der Waals surface area contributed by atoms with Gasteiger partial charge in [-0.3, -0.25) is 0 Å². The fraction of sp³-hybridized carbons (Fsp3) is 0.450. The zero-order chi connectivity index (χ0) is 18.4. The molecule has 0 bridgehead atoms. The van der Waals surface area contributed by atoms with Crippen molar-refractivity contribution in [3.05, 3.63) is 41.9 Å². The lowest BCUT2D eigenvalue weighted by Crippen LogP contribution is -2.36. The number of ether oxygens (including phenoxy) is 1. The van der Waals surface area contributed by atoms with Crippen LogP contribution in [0.4, 0.5) is 5.95 Å². The Morgan fingerprint density at radius 3 is 2.46 bits per heavy atom. The summed E-state index contributed by atoms with van der Waals surface area (Å²) in [4.78, 5) is 15.4. The van der Waals surface area contributed by atoms with Crippen molar-refractivity contribution in [2.45, 2.75) is 37.8 Å². The molecule has 1 N–H and O–H groups in total. The molecule has 0 amide bonds. The standard InChI is InChI=1S/C20H27N5O/c1-25(2)18-10-8-17(9-11-18)24-20-22-13-15(14-23-20)6-7-16-5-4-12-21-19(16)26-3/h4-7,12-14,17-18H,8-11H2,1-3H3,(H,22,23,24)/b7-6+. The predicted molar refractivity (Wildman–Crippen MR) is 105 cm³/mol. The Morgan fingerprint density at radius 2 is 1.81 bits per heavy atom. The summed E-state index contributed by atoms with van der Waals surface area (Å²) in [5.41, 5.74) is 1.87. The van der Waals surface area contributed by atoms with Gasteiger partial charge in [-0.25, -0.2) is 15.0 Å². The van der Waals surface area contributed by atoms with Crippen LogP contribution in [0.5, 0.6) is 5.88 Å². The number of anilines is 1. The number of nitrogens with zero attached hydrogens (tertiary/aromatic N) is 4. The fourth-order valence-corrected chi connectivity index (χ4v) is 3.30. The second-order valence-corrected chi connectivity index (χ2v) is 6.89. The Hall–Kier alpha value is -2.47. The van der Waals surface area contributed by atoms with Gasteiger partial charge in [0, 0.05) is 41.8 Å². The molecule has 6 heteroatoms. The van der Waals surface area contributed by atoms with Gasteiger partial charge >= 0.3 is 0 Å². The van der Waals surface area contributed by atoms with Crippen LogP contribution in [0.15, 0.2) is 30.7 Å². The molecule has 0 atom stereocenters. The van der Waals surface area contributed by atoms with Crippen LogP contribution in [0, 0.1) is 0 Å². The van der Waals surface area contributed by atoms with Crippen molar-refractivity contribution in [3.63, 3.8) is 0 Å². The number of hydrogen-bond acceptors (Lipinski definition) is 6. The number of methoxy groups -OCH3 is 1. The summed E-state index contributed by atoms with van der Waals surface area (Å²) in [6.45, 7) is 0. The van der Waals surface area contributed by atoms with Gasteiger partial charge in [0.15, 0.2) is 0 Å². The Labute approximate surface area is 155 Å². The lowest BCUT2D eigenvalue weighted by atomic mass is 9.91. The van der Waals surface area contributed by atoms with E-state index in [-0.39, 0.29) is 0 Å². The third-order valence-electron chi connectivity index (χ3n) is 4.88. The Bertz CT molecular complexity index is 721. The fourth-order valence-electron chi connectivity index (χ4n) is 3.30. The summed E-state index contributed by atoms with van der Waals surface area (Å²) >= 11 is 0. The van der Waals surface area contributed by atoms with Crippen molar-refractivity contribution in [2.75, 3.05) is 26.5 Å². The molecule has 0 aliphatic heterocycles. The van der Waals surface area contributed by atoms with E-state index in [0.717, 1.165) is 24.0 Å². The molecule has 1 fully saturated rings. The molecular formula is C20H27N5O. The van der Waals surface area contributed by atoms with Gasteiger partial charge in [0.25, 0.3) is 0 Å². The molecule has 2 aromatic rings. The average molecular weight is 353 g/mol. The van der Waals surface area contributed by atoms with Crippen molar-refractivity contribution in [1.82, 2.24) is 19.9 Å². The van der Waals surface area contributed by atoms with E-state index in [1.54, 1.807) is 13.3 Å². The molecule has 3 rings (SSSR count). The molecule has 0 spiro atoms. The quantitative estimate of drug-likeness (QED) is 0.859. The third-order valence-corrected chi connectivity index (χ3v) is 4.88. The second-order valence-electron chi connectivity index (χ2n) is 6.89. The first-order chi connectivity index (χ1) is 12.7. The van der Waals surface area contributed by atoms with E-state index in [1.165, 1.54) is 12.8 Å². The van der Waals surface area contributed by atoms with Crippen LogP contribution in [-0.4, -0.2) is 53.1 Å². The summed E-state index contributed by atoms with van der Waals surface area (Å²) in [7, 11) is 5.94. The number of rotatable bonds is 6. The predicted octanol–water partition coefficient (Wildman–Crippen LogP) is 3.34. The number of aromatic nitrogens is 3. The molecule has 26 heavy (non-hydrogen) atoms. The van der Waals surface area contributed by atoms with Gasteiger partial charge in [0.05, 0.1) is 7.11 Å². The maximum Gasteiger partial charge on any atom is 0.222 e. The highest BCUT2D eigenvalue weighted by Crippen LogP contribution is 2.23. The Balaban J connectivity index is 1.56. The maximum absolute atomic E-state index is 5.25. The molecule has 6 nitrogen and oxygen atoms in total. The first-order valence-electron chi connectivity index (χ1n) is 9.08. The number of pyridine rings is 1. The van der Waals surface area contributed by atoms with E-state index in [4.69, 9.17) is 4.74 Å². The van der Waals surface area contributed by atoms with E-state index in [0.29, 0.717) is 23.9 Å². The molecule has 0 aromatic carbocycles. The van der Waals surface area contributed by atoms with Crippen molar-refractivity contribution in [2.24, 2.45) is 0 Å². The molecule has 0 unspecified atom stereocenters. The zero-order valence-corrected chi connectivity index (χ0v) is 15.7. The molecule has 1 saturated carbocycles. The van der Waals surface area contributed by atoms with E-state index in [1.807, 2.05) is 36.7 Å². The van der Waals surface area contributed by atoms with E-state index < -0.39 is 0 Å². The van der Waals surface area contributed by atoms with Crippen LogP contribution in [0.25, 0.3) is 12.2 Å². The second kappa shape index (κ2) is 8.76. The topological polar surface area (TPSA) is 63.2 Å². The summed E-state index contributed by atoms with van der Waals surface area (Å²) in [5.74, 6) is 1.31. The van der Waals surface area contributed by atoms with E-state index >= 15 is 0 Å². The van der Waals surface area contributed by atoms with Gasteiger partial charge in [-0.05, 0) is 58.0 Å². The smallest absolute Gasteiger partial charge is 0.222 e. The normalized spacial score (nSPS) is 20.5. The minimum atomic E-state index is 0.465. The minimum Gasteiger partial charge on any atom is -0.481 e. The van der Waals surface area contributed by atoms with Crippen LogP contribution < -0.4 is 10.1 Å². The molecule has 0 radical (unpaired) electrons. The summed E-state index contributed by atoms with van der Waals surface area (Å²) in [6, 6.07) is 5.01. The van der Waals surface area contributed by atoms with E-state index in [9.17, 15) is 0 Å². The molecule has 1 aliphatic rings. The summed E-state index contributed by atoms with van der Waals surface area (Å²) in [5, 5.41) is 3.46. The first-order valence-corrected chi connectivity index (χ1v) is 9.08. The van der Waals surface area contributed by atoms with Gasteiger partial charge in [-0.1, -0.05) is 6.08 Å². The molecule has 0 saturated heterocycles. The monoisotopic (exact) mass is 353 g/mol. The van der Waals surface area contributed by atoms with Gasteiger partial charge in [-0.2, -0.15) is 0 Å². The van der Waals surface area contributed by atoms with Crippen molar-refractivity contribution in [1.29, 1.82) is 0 Å². The van der Waals surface area contributed by atoms with Gasteiger partial charge in [0.2, 0.25) is 11.8 Å². The highest BCUT2D eigenvalue weighted by molar-refractivity contribution is 5.71. The molecule has 1 aliphatic carbocycles. The Kier molecular flexibility index (Phi) is 6.17. The van der Waals surface area contributed by atoms with Crippen molar-refractivity contribution < 1.29 is 4.74 Å². The molecule has 138 valence electrons. The Morgan fingerprint density at radius 1 is 1.08 bits per heavy atom. The van der Waals surface area contributed by atoms with Crippen molar-refractivity contribution in [3.8, 4) is 5.88 Å². The van der Waals surface area contributed by atoms with Crippen LogP contribution in [-0.2, 0) is 0 Å². The van der Waals surface area contributed by atoms with Gasteiger partial charge in [0.1, 0.15) is 0 Å². The highest BCUT2D eigenvalue weighted by atomic mass is 16.5. The van der Waals surface area contributed by atoms with Crippen LogP contribution in [0.3, 0.4) is 0 Å². The number of hydrogen-bond donors (Lipinski definition) is 1. The average Bonchev–Trinajstić information content (AvgIpc) is 2.68.